The molecular formula is C8H14N4O4S. The zero-order valence-electron chi connectivity index (χ0n) is 9.32. The third kappa shape index (κ3) is 2.01. The Morgan fingerprint density at radius 3 is 2.65 bits per heavy atom. The van der Waals surface area contributed by atoms with Gasteiger partial charge in [-0.15, -0.1) is 0 Å². The highest BCUT2D eigenvalue weighted by molar-refractivity contribution is 7.87. The summed E-state index contributed by atoms with van der Waals surface area (Å²) in [6.45, 7) is 0.307. The van der Waals surface area contributed by atoms with Crippen molar-refractivity contribution in [3.8, 4) is 0 Å². The number of hydrogen-bond donors (Lipinski definition) is 3. The van der Waals surface area contributed by atoms with Crippen molar-refractivity contribution in [2.24, 2.45) is 0 Å². The number of carbonyl (C=O) groups excluding carboxylic acids is 2. The summed E-state index contributed by atoms with van der Waals surface area (Å²) in [4.78, 5) is 22.8. The van der Waals surface area contributed by atoms with E-state index in [1.165, 1.54) is 11.4 Å². The van der Waals surface area contributed by atoms with Gasteiger partial charge in [-0.1, -0.05) is 0 Å². The Morgan fingerprint density at radius 2 is 2.12 bits per heavy atom. The first-order valence-corrected chi connectivity index (χ1v) is 6.66. The Kier molecular flexibility index (Phi) is 2.84. The van der Waals surface area contributed by atoms with Crippen molar-refractivity contribution in [2.75, 3.05) is 20.1 Å². The van der Waals surface area contributed by atoms with Crippen molar-refractivity contribution < 1.29 is 18.0 Å². The summed E-state index contributed by atoms with van der Waals surface area (Å²) >= 11 is 0. The molecule has 0 aromatic carbocycles. The van der Waals surface area contributed by atoms with Crippen LogP contribution in [0.3, 0.4) is 0 Å². The summed E-state index contributed by atoms with van der Waals surface area (Å²) in [5.74, 6) is -0.460. The molecule has 2 fully saturated rings. The molecule has 0 aliphatic carbocycles. The second-order valence-corrected chi connectivity index (χ2v) is 6.01. The molecule has 2 saturated heterocycles. The van der Waals surface area contributed by atoms with Gasteiger partial charge in [-0.3, -0.25) is 10.1 Å². The fraction of sp³-hybridized carbons (Fsp3) is 0.750. The van der Waals surface area contributed by atoms with Crippen LogP contribution in [-0.4, -0.2) is 50.3 Å². The Bertz CT molecular complexity index is 462. The van der Waals surface area contributed by atoms with E-state index in [0.29, 0.717) is 19.4 Å². The highest BCUT2D eigenvalue weighted by Gasteiger charge is 2.50. The second kappa shape index (κ2) is 3.93. The van der Waals surface area contributed by atoms with Gasteiger partial charge in [0.1, 0.15) is 5.54 Å². The average molecular weight is 262 g/mol. The summed E-state index contributed by atoms with van der Waals surface area (Å²) in [7, 11) is -2.26. The van der Waals surface area contributed by atoms with E-state index in [4.69, 9.17) is 0 Å². The standard InChI is InChI=1S/C8H14N4O4S/c1-9-17(15,16)12-4-2-3-8(5-12)6(13)10-7(14)11-8/h9H,2-5H2,1H3,(H2,10,11,13,14). The van der Waals surface area contributed by atoms with E-state index in [1.54, 1.807) is 0 Å². The first-order chi connectivity index (χ1) is 7.89. The quantitative estimate of drug-likeness (QED) is 0.506. The van der Waals surface area contributed by atoms with Gasteiger partial charge in [0.15, 0.2) is 0 Å². The maximum Gasteiger partial charge on any atom is 0.322 e. The molecule has 2 heterocycles. The molecule has 96 valence electrons. The molecule has 1 spiro atoms. The van der Waals surface area contributed by atoms with Crippen LogP contribution in [-0.2, 0) is 15.0 Å². The molecule has 2 aliphatic heterocycles. The van der Waals surface area contributed by atoms with Crippen LogP contribution in [0.5, 0.6) is 0 Å². The second-order valence-electron chi connectivity index (χ2n) is 4.14. The van der Waals surface area contributed by atoms with Gasteiger partial charge in [-0.25, -0.2) is 9.52 Å². The van der Waals surface area contributed by atoms with Gasteiger partial charge >= 0.3 is 6.03 Å². The van der Waals surface area contributed by atoms with Gasteiger partial charge in [0.2, 0.25) is 0 Å². The fourth-order valence-electron chi connectivity index (χ4n) is 2.17. The van der Waals surface area contributed by atoms with Crippen molar-refractivity contribution in [1.82, 2.24) is 19.7 Å². The van der Waals surface area contributed by atoms with E-state index in [0.717, 1.165) is 0 Å². The van der Waals surface area contributed by atoms with E-state index in [-0.39, 0.29) is 6.54 Å². The Balaban J connectivity index is 2.23. The average Bonchev–Trinajstić information content (AvgIpc) is 2.54. The van der Waals surface area contributed by atoms with Crippen LogP contribution in [0.1, 0.15) is 12.8 Å². The van der Waals surface area contributed by atoms with Crippen LogP contribution >= 0.6 is 0 Å². The third-order valence-corrected chi connectivity index (χ3v) is 4.58. The minimum atomic E-state index is -3.57. The van der Waals surface area contributed by atoms with Crippen molar-refractivity contribution in [2.45, 2.75) is 18.4 Å². The lowest BCUT2D eigenvalue weighted by Crippen LogP contribution is -2.60. The molecule has 0 radical (unpaired) electrons. The van der Waals surface area contributed by atoms with Gasteiger partial charge in [-0.2, -0.15) is 12.7 Å². The number of hydrogen-bond acceptors (Lipinski definition) is 4. The first-order valence-electron chi connectivity index (χ1n) is 5.22. The molecule has 8 nitrogen and oxygen atoms in total. The fourth-order valence-corrected chi connectivity index (χ4v) is 3.18. The normalized spacial score (nSPS) is 30.4. The lowest BCUT2D eigenvalue weighted by Gasteiger charge is -2.36. The summed E-state index contributed by atoms with van der Waals surface area (Å²) < 4.78 is 26.7. The van der Waals surface area contributed by atoms with Crippen molar-refractivity contribution in [1.29, 1.82) is 0 Å². The number of piperidine rings is 1. The molecular weight excluding hydrogens is 248 g/mol. The number of carbonyl (C=O) groups is 2. The highest BCUT2D eigenvalue weighted by atomic mass is 32.2. The Morgan fingerprint density at radius 1 is 1.41 bits per heavy atom. The molecule has 1 atom stereocenters. The van der Waals surface area contributed by atoms with Crippen molar-refractivity contribution in [3.05, 3.63) is 0 Å². The van der Waals surface area contributed by atoms with Gasteiger partial charge in [0, 0.05) is 20.1 Å². The van der Waals surface area contributed by atoms with Crippen LogP contribution in [0.15, 0.2) is 0 Å². The summed E-state index contributed by atoms with van der Waals surface area (Å²) in [5, 5.41) is 4.65. The third-order valence-electron chi connectivity index (χ3n) is 3.07. The van der Waals surface area contributed by atoms with E-state index in [9.17, 15) is 18.0 Å². The zero-order valence-corrected chi connectivity index (χ0v) is 10.1. The van der Waals surface area contributed by atoms with Gasteiger partial charge in [-0.05, 0) is 12.8 Å². The number of nitrogens with zero attached hydrogens (tertiary/aromatic N) is 1. The van der Waals surface area contributed by atoms with Gasteiger partial charge < -0.3 is 5.32 Å². The van der Waals surface area contributed by atoms with Crippen LogP contribution < -0.4 is 15.4 Å². The molecule has 0 aromatic heterocycles. The van der Waals surface area contributed by atoms with Crippen LogP contribution in [0, 0.1) is 0 Å². The Hall–Kier alpha value is -1.19. The molecule has 17 heavy (non-hydrogen) atoms. The van der Waals surface area contributed by atoms with E-state index < -0.39 is 27.7 Å². The van der Waals surface area contributed by atoms with Crippen LogP contribution in [0.4, 0.5) is 4.79 Å². The molecule has 1 unspecified atom stereocenters. The molecule has 3 N–H and O–H groups in total. The largest absolute Gasteiger partial charge is 0.322 e. The topological polar surface area (TPSA) is 108 Å². The van der Waals surface area contributed by atoms with E-state index in [2.05, 4.69) is 15.4 Å². The molecule has 3 amide bonds. The predicted octanol–water partition coefficient (Wildman–Crippen LogP) is -1.88. The van der Waals surface area contributed by atoms with E-state index >= 15 is 0 Å². The lowest BCUT2D eigenvalue weighted by atomic mass is 9.90. The Labute approximate surface area is 98.9 Å². The molecule has 9 heteroatoms. The summed E-state index contributed by atoms with van der Waals surface area (Å²) in [6, 6.07) is -0.571. The number of imide groups is 1. The number of nitrogens with one attached hydrogen (secondary N) is 3. The monoisotopic (exact) mass is 262 g/mol. The van der Waals surface area contributed by atoms with Gasteiger partial charge in [0.25, 0.3) is 16.1 Å². The SMILES string of the molecule is CNS(=O)(=O)N1CCCC2(C1)NC(=O)NC2=O. The van der Waals surface area contributed by atoms with Crippen LogP contribution in [0.25, 0.3) is 0 Å². The zero-order chi connectivity index (χ0) is 12.7. The maximum absolute atomic E-state index is 11.7. The predicted molar refractivity (Wildman–Crippen MR) is 58.2 cm³/mol. The highest BCUT2D eigenvalue weighted by Crippen LogP contribution is 2.25. The number of amides is 3. The van der Waals surface area contributed by atoms with Crippen LogP contribution in [0.2, 0.25) is 0 Å². The molecule has 0 aromatic rings. The summed E-state index contributed by atoms with van der Waals surface area (Å²) in [5.41, 5.74) is -1.11. The molecule has 2 aliphatic rings. The first kappa shape index (κ1) is 12.3. The lowest BCUT2D eigenvalue weighted by molar-refractivity contribution is -0.125. The van der Waals surface area contributed by atoms with Crippen molar-refractivity contribution >= 4 is 22.1 Å². The minimum absolute atomic E-state index is 0.0340. The molecule has 0 saturated carbocycles. The van der Waals surface area contributed by atoms with Crippen molar-refractivity contribution in [3.63, 3.8) is 0 Å². The van der Waals surface area contributed by atoms with Gasteiger partial charge in [0.05, 0.1) is 0 Å². The maximum atomic E-state index is 11.7. The number of urea groups is 1. The number of rotatable bonds is 2. The minimum Gasteiger partial charge on any atom is -0.322 e. The molecule has 0 bridgehead atoms. The smallest absolute Gasteiger partial charge is 0.322 e. The summed E-state index contributed by atoms with van der Waals surface area (Å²) in [6.07, 6.45) is 0.967. The van der Waals surface area contributed by atoms with E-state index in [1.807, 2.05) is 0 Å². The molecule has 2 rings (SSSR count).